The Bertz CT molecular complexity index is 512. The number of fused-ring (bicyclic) bond motifs is 2. The van der Waals surface area contributed by atoms with E-state index in [-0.39, 0.29) is 30.0 Å². The molecule has 2 amide bonds. The van der Waals surface area contributed by atoms with Gasteiger partial charge >= 0.3 is 5.97 Å². The van der Waals surface area contributed by atoms with E-state index in [0.717, 1.165) is 12.8 Å². The molecule has 2 saturated carbocycles. The number of hydrogen-bond donors (Lipinski definition) is 0. The summed E-state index contributed by atoms with van der Waals surface area (Å²) in [5.41, 5.74) is 0.252. The summed E-state index contributed by atoms with van der Waals surface area (Å²) in [5.74, 6) is 0.285. The van der Waals surface area contributed by atoms with Crippen LogP contribution in [0.4, 0.5) is 0 Å². The number of β-lactam (4-membered cyclic amide) rings is 1. The third-order valence-electron chi connectivity index (χ3n) is 5.21. The van der Waals surface area contributed by atoms with E-state index in [1.807, 2.05) is 0 Å². The van der Waals surface area contributed by atoms with Crippen molar-refractivity contribution in [2.24, 2.45) is 17.8 Å². The van der Waals surface area contributed by atoms with Crippen LogP contribution in [0.25, 0.3) is 0 Å². The molecule has 0 aromatic heterocycles. The Balaban J connectivity index is 1.59. The van der Waals surface area contributed by atoms with Crippen LogP contribution in [0, 0.1) is 17.8 Å². The van der Waals surface area contributed by atoms with E-state index in [0.29, 0.717) is 11.8 Å². The van der Waals surface area contributed by atoms with Gasteiger partial charge in [-0.2, -0.15) is 0 Å². The maximum absolute atomic E-state index is 12.2. The Morgan fingerprint density at radius 3 is 2.62 bits per heavy atom. The monoisotopic (exact) mass is 291 g/mol. The van der Waals surface area contributed by atoms with Crippen LogP contribution in [0.5, 0.6) is 0 Å². The summed E-state index contributed by atoms with van der Waals surface area (Å²) in [6.45, 7) is 4.62. The van der Waals surface area contributed by atoms with E-state index in [1.165, 1.54) is 31.1 Å². The molecule has 1 saturated heterocycles. The minimum atomic E-state index is -0.590. The van der Waals surface area contributed by atoms with Gasteiger partial charge in [-0.1, -0.05) is 25.8 Å². The zero-order chi connectivity index (χ0) is 15.1. The third-order valence-corrected chi connectivity index (χ3v) is 5.21. The van der Waals surface area contributed by atoms with E-state index in [9.17, 15) is 14.4 Å². The molecule has 5 heteroatoms. The van der Waals surface area contributed by atoms with E-state index in [4.69, 9.17) is 4.74 Å². The molecule has 0 bridgehead atoms. The number of rotatable bonds is 3. The first kappa shape index (κ1) is 14.3. The minimum Gasteiger partial charge on any atom is -0.452 e. The molecule has 114 valence electrons. The highest BCUT2D eigenvalue weighted by Crippen LogP contribution is 2.50. The van der Waals surface area contributed by atoms with Crippen molar-refractivity contribution in [3.63, 3.8) is 0 Å². The van der Waals surface area contributed by atoms with Crippen LogP contribution in [0.1, 0.15) is 39.0 Å². The lowest BCUT2D eigenvalue weighted by molar-refractivity contribution is -0.175. The third kappa shape index (κ3) is 2.39. The summed E-state index contributed by atoms with van der Waals surface area (Å²) in [5, 5.41) is 0. The SMILES string of the molecule is C=C(C)C(=O)OCC(=O)N1C(=O)C2CC3CCCC3CC21. The molecule has 3 aliphatic rings. The summed E-state index contributed by atoms with van der Waals surface area (Å²) in [6.07, 6.45) is 5.55. The number of likely N-dealkylation sites (tertiary alicyclic amines) is 1. The molecule has 0 radical (unpaired) electrons. The molecule has 5 nitrogen and oxygen atoms in total. The molecule has 3 rings (SSSR count). The maximum atomic E-state index is 12.2. The van der Waals surface area contributed by atoms with Crippen LogP contribution in [0.3, 0.4) is 0 Å². The van der Waals surface area contributed by atoms with Gasteiger partial charge in [-0.15, -0.1) is 0 Å². The van der Waals surface area contributed by atoms with Crippen LogP contribution in [0.15, 0.2) is 12.2 Å². The highest BCUT2D eigenvalue weighted by Gasteiger charge is 2.55. The van der Waals surface area contributed by atoms with Crippen molar-refractivity contribution in [3.05, 3.63) is 12.2 Å². The van der Waals surface area contributed by atoms with Gasteiger partial charge in [0.15, 0.2) is 6.61 Å². The van der Waals surface area contributed by atoms with Crippen molar-refractivity contribution < 1.29 is 19.1 Å². The summed E-state index contributed by atoms with van der Waals surface area (Å²) in [4.78, 5) is 36.9. The molecule has 3 fully saturated rings. The molecule has 1 heterocycles. The summed E-state index contributed by atoms with van der Waals surface area (Å²) in [6, 6.07) is 0.0351. The van der Waals surface area contributed by atoms with E-state index in [2.05, 4.69) is 6.58 Å². The van der Waals surface area contributed by atoms with Gasteiger partial charge in [0.2, 0.25) is 5.91 Å². The van der Waals surface area contributed by atoms with Gasteiger partial charge in [0.25, 0.3) is 5.91 Å². The van der Waals surface area contributed by atoms with Crippen LogP contribution in [0.2, 0.25) is 0 Å². The molecule has 2 aliphatic carbocycles. The van der Waals surface area contributed by atoms with E-state index in [1.54, 1.807) is 0 Å². The number of carbonyl (C=O) groups excluding carboxylic acids is 3. The number of hydrogen-bond acceptors (Lipinski definition) is 4. The fraction of sp³-hybridized carbons (Fsp3) is 0.688. The van der Waals surface area contributed by atoms with Crippen molar-refractivity contribution >= 4 is 17.8 Å². The number of ether oxygens (including phenoxy) is 1. The van der Waals surface area contributed by atoms with Crippen molar-refractivity contribution in [3.8, 4) is 0 Å². The molecule has 0 aromatic rings. The second-order valence-corrected chi connectivity index (χ2v) is 6.55. The van der Waals surface area contributed by atoms with Gasteiger partial charge in [-0.05, 0) is 31.6 Å². The lowest BCUT2D eigenvalue weighted by Gasteiger charge is -2.51. The van der Waals surface area contributed by atoms with Crippen molar-refractivity contribution in [2.75, 3.05) is 6.61 Å². The lowest BCUT2D eigenvalue weighted by atomic mass is 9.67. The lowest BCUT2D eigenvalue weighted by Crippen LogP contribution is -2.66. The van der Waals surface area contributed by atoms with Crippen molar-refractivity contribution in [1.82, 2.24) is 4.90 Å². The first-order valence-corrected chi connectivity index (χ1v) is 7.67. The summed E-state index contributed by atoms with van der Waals surface area (Å²) >= 11 is 0. The Morgan fingerprint density at radius 1 is 1.29 bits per heavy atom. The summed E-state index contributed by atoms with van der Waals surface area (Å²) in [7, 11) is 0. The van der Waals surface area contributed by atoms with Gasteiger partial charge in [-0.3, -0.25) is 14.5 Å². The largest absolute Gasteiger partial charge is 0.452 e. The average Bonchev–Trinajstić information content (AvgIpc) is 2.90. The van der Waals surface area contributed by atoms with E-state index >= 15 is 0 Å². The topological polar surface area (TPSA) is 63.7 Å². The fourth-order valence-corrected chi connectivity index (χ4v) is 4.13. The first-order chi connectivity index (χ1) is 9.99. The molecule has 0 spiro atoms. The average molecular weight is 291 g/mol. The van der Waals surface area contributed by atoms with Gasteiger partial charge in [0.1, 0.15) is 0 Å². The Hall–Kier alpha value is -1.65. The Labute approximate surface area is 124 Å². The second kappa shape index (κ2) is 5.28. The minimum absolute atomic E-state index is 0.0186. The highest BCUT2D eigenvalue weighted by molar-refractivity contribution is 6.03. The summed E-state index contributed by atoms with van der Waals surface area (Å²) < 4.78 is 4.85. The number of esters is 1. The second-order valence-electron chi connectivity index (χ2n) is 6.55. The number of amides is 2. The van der Waals surface area contributed by atoms with Crippen LogP contribution in [-0.2, 0) is 19.1 Å². The molecular formula is C16H21NO4. The number of nitrogens with zero attached hydrogens (tertiary/aromatic N) is 1. The molecule has 0 aromatic carbocycles. The van der Waals surface area contributed by atoms with Gasteiger partial charge in [0, 0.05) is 5.57 Å². The standard InChI is InChI=1S/C16H21NO4/c1-9(2)16(20)21-8-14(18)17-13-7-11-5-3-4-10(11)6-12(13)15(17)19/h10-13H,1,3-8H2,2H3. The molecule has 4 atom stereocenters. The number of carbonyl (C=O) groups is 3. The molecule has 21 heavy (non-hydrogen) atoms. The van der Waals surface area contributed by atoms with Crippen LogP contribution in [-0.4, -0.2) is 35.3 Å². The molecule has 0 N–H and O–H groups in total. The smallest absolute Gasteiger partial charge is 0.333 e. The molecule has 4 unspecified atom stereocenters. The first-order valence-electron chi connectivity index (χ1n) is 7.67. The Morgan fingerprint density at radius 2 is 1.95 bits per heavy atom. The van der Waals surface area contributed by atoms with E-state index < -0.39 is 11.9 Å². The highest BCUT2D eigenvalue weighted by atomic mass is 16.5. The van der Waals surface area contributed by atoms with Crippen LogP contribution >= 0.6 is 0 Å². The zero-order valence-corrected chi connectivity index (χ0v) is 12.3. The maximum Gasteiger partial charge on any atom is 0.333 e. The Kier molecular flexibility index (Phi) is 3.59. The predicted octanol–water partition coefficient (Wildman–Crippen LogP) is 1.67. The van der Waals surface area contributed by atoms with Crippen molar-refractivity contribution in [2.45, 2.75) is 45.1 Å². The predicted molar refractivity (Wildman–Crippen MR) is 75.0 cm³/mol. The number of imide groups is 1. The zero-order valence-electron chi connectivity index (χ0n) is 12.3. The van der Waals surface area contributed by atoms with Gasteiger partial charge in [-0.25, -0.2) is 4.79 Å². The van der Waals surface area contributed by atoms with Gasteiger partial charge < -0.3 is 4.74 Å². The fourth-order valence-electron chi connectivity index (χ4n) is 4.13. The quantitative estimate of drug-likeness (QED) is 0.451. The van der Waals surface area contributed by atoms with Gasteiger partial charge in [0.05, 0.1) is 12.0 Å². The molecular weight excluding hydrogens is 270 g/mol. The normalized spacial score (nSPS) is 33.8. The van der Waals surface area contributed by atoms with Crippen molar-refractivity contribution in [1.29, 1.82) is 0 Å². The molecule has 1 aliphatic heterocycles. The van der Waals surface area contributed by atoms with Crippen LogP contribution < -0.4 is 0 Å².